The first-order valence-corrected chi connectivity index (χ1v) is 4.70. The molecule has 3 nitrogen and oxygen atoms in total. The van der Waals surface area contributed by atoms with Crippen LogP contribution in [-0.2, 0) is 0 Å². The van der Waals surface area contributed by atoms with E-state index in [2.05, 4.69) is 10.3 Å². The molecule has 1 fully saturated rings. The number of hydrogen-bond donors (Lipinski definition) is 1. The molecule has 0 aliphatic carbocycles. The maximum atomic E-state index is 5.77. The Labute approximate surface area is 82.1 Å². The first kappa shape index (κ1) is 8.78. The smallest absolute Gasteiger partial charge is 0.139 e. The number of rotatable bonds is 2. The van der Waals surface area contributed by atoms with Crippen LogP contribution in [0.4, 0.5) is 0 Å². The van der Waals surface area contributed by atoms with E-state index in [1.165, 1.54) is 0 Å². The van der Waals surface area contributed by atoms with Crippen LogP contribution in [0.5, 0.6) is 5.75 Å². The normalized spacial score (nSPS) is 21.8. The molecule has 4 heteroatoms. The first-order valence-electron chi connectivity index (χ1n) is 4.32. The third-order valence-corrected chi connectivity index (χ3v) is 2.20. The quantitative estimate of drug-likeness (QED) is 0.782. The maximum Gasteiger partial charge on any atom is 0.139 e. The zero-order chi connectivity index (χ0) is 9.10. The number of nitrogens with one attached hydrogen (secondary N) is 1. The second-order valence-electron chi connectivity index (χ2n) is 3.07. The van der Waals surface area contributed by atoms with E-state index in [0.29, 0.717) is 5.02 Å². The zero-order valence-electron chi connectivity index (χ0n) is 7.16. The van der Waals surface area contributed by atoms with Gasteiger partial charge in [-0.2, -0.15) is 0 Å². The van der Waals surface area contributed by atoms with Crippen LogP contribution in [-0.4, -0.2) is 24.2 Å². The Kier molecular flexibility index (Phi) is 2.66. The van der Waals surface area contributed by atoms with E-state index in [1.54, 1.807) is 18.5 Å². The van der Waals surface area contributed by atoms with Gasteiger partial charge in [0.05, 0.1) is 11.2 Å². The van der Waals surface area contributed by atoms with Crippen molar-refractivity contribution < 1.29 is 4.74 Å². The lowest BCUT2D eigenvalue weighted by Crippen LogP contribution is -2.19. The molecule has 2 heterocycles. The van der Waals surface area contributed by atoms with Gasteiger partial charge in [0, 0.05) is 18.8 Å². The Hall–Kier alpha value is -0.800. The second-order valence-corrected chi connectivity index (χ2v) is 3.51. The Morgan fingerprint density at radius 3 is 3.15 bits per heavy atom. The van der Waals surface area contributed by atoms with Crippen LogP contribution in [0.3, 0.4) is 0 Å². The van der Waals surface area contributed by atoms with Crippen LogP contribution < -0.4 is 10.1 Å². The van der Waals surface area contributed by atoms with Gasteiger partial charge in [0.15, 0.2) is 0 Å². The van der Waals surface area contributed by atoms with E-state index < -0.39 is 0 Å². The predicted molar refractivity (Wildman–Crippen MR) is 51.1 cm³/mol. The molecule has 1 aliphatic rings. The number of halogens is 1. The number of hydrogen-bond acceptors (Lipinski definition) is 3. The highest BCUT2D eigenvalue weighted by atomic mass is 35.5. The van der Waals surface area contributed by atoms with Gasteiger partial charge >= 0.3 is 0 Å². The van der Waals surface area contributed by atoms with Crippen molar-refractivity contribution in [2.75, 3.05) is 13.1 Å². The molecule has 1 atom stereocenters. The van der Waals surface area contributed by atoms with E-state index in [9.17, 15) is 0 Å². The molecule has 0 amide bonds. The molecular formula is C9H11ClN2O. The summed E-state index contributed by atoms with van der Waals surface area (Å²) < 4.78 is 5.65. The minimum atomic E-state index is 0.264. The minimum absolute atomic E-state index is 0.264. The molecule has 0 unspecified atom stereocenters. The molecule has 0 aromatic carbocycles. The summed E-state index contributed by atoms with van der Waals surface area (Å²) in [5, 5.41) is 3.84. The number of pyridine rings is 1. The van der Waals surface area contributed by atoms with Crippen molar-refractivity contribution in [3.8, 4) is 5.75 Å². The standard InChI is InChI=1S/C9H11ClN2O/c10-7-3-9(6-12-4-7)13-8-1-2-11-5-8/h3-4,6,8,11H,1-2,5H2/t8-/m1/s1. The van der Waals surface area contributed by atoms with Crippen molar-refractivity contribution >= 4 is 11.6 Å². The zero-order valence-corrected chi connectivity index (χ0v) is 7.92. The fraction of sp³-hybridized carbons (Fsp3) is 0.444. The Morgan fingerprint density at radius 2 is 2.46 bits per heavy atom. The van der Waals surface area contributed by atoms with Gasteiger partial charge in [0.25, 0.3) is 0 Å². The van der Waals surface area contributed by atoms with Gasteiger partial charge in [0.1, 0.15) is 11.9 Å². The summed E-state index contributed by atoms with van der Waals surface area (Å²) in [6.07, 6.45) is 4.60. The van der Waals surface area contributed by atoms with E-state index in [-0.39, 0.29) is 6.10 Å². The summed E-state index contributed by atoms with van der Waals surface area (Å²) in [5.41, 5.74) is 0. The number of nitrogens with zero attached hydrogens (tertiary/aromatic N) is 1. The summed E-state index contributed by atoms with van der Waals surface area (Å²) >= 11 is 5.77. The Morgan fingerprint density at radius 1 is 1.54 bits per heavy atom. The van der Waals surface area contributed by atoms with Crippen molar-refractivity contribution in [1.29, 1.82) is 0 Å². The summed E-state index contributed by atoms with van der Waals surface area (Å²) in [6.45, 7) is 1.94. The molecule has 0 bridgehead atoms. The van der Waals surface area contributed by atoms with E-state index in [1.807, 2.05) is 0 Å². The van der Waals surface area contributed by atoms with Crippen molar-refractivity contribution in [3.05, 3.63) is 23.5 Å². The fourth-order valence-corrected chi connectivity index (χ4v) is 1.54. The number of aromatic nitrogens is 1. The van der Waals surface area contributed by atoms with Gasteiger partial charge < -0.3 is 10.1 Å². The van der Waals surface area contributed by atoms with Crippen molar-refractivity contribution in [1.82, 2.24) is 10.3 Å². The van der Waals surface area contributed by atoms with Gasteiger partial charge in [0.2, 0.25) is 0 Å². The molecular weight excluding hydrogens is 188 g/mol. The second kappa shape index (κ2) is 3.94. The average Bonchev–Trinajstić information content (AvgIpc) is 2.57. The van der Waals surface area contributed by atoms with Crippen molar-refractivity contribution in [3.63, 3.8) is 0 Å². The van der Waals surface area contributed by atoms with E-state index in [4.69, 9.17) is 16.3 Å². The SMILES string of the molecule is Clc1cncc(O[C@@H]2CCNC2)c1. The molecule has 1 aliphatic heterocycles. The van der Waals surface area contributed by atoms with Crippen LogP contribution in [0.2, 0.25) is 5.02 Å². The van der Waals surface area contributed by atoms with Crippen LogP contribution in [0.25, 0.3) is 0 Å². The van der Waals surface area contributed by atoms with Crippen LogP contribution in [0.15, 0.2) is 18.5 Å². The monoisotopic (exact) mass is 198 g/mol. The minimum Gasteiger partial charge on any atom is -0.487 e. The summed E-state index contributed by atoms with van der Waals surface area (Å²) in [5.74, 6) is 0.751. The third kappa shape index (κ3) is 2.32. The Balaban J connectivity index is 2.00. The van der Waals surface area contributed by atoms with E-state index in [0.717, 1.165) is 25.3 Å². The van der Waals surface area contributed by atoms with Crippen LogP contribution in [0.1, 0.15) is 6.42 Å². The lowest BCUT2D eigenvalue weighted by molar-refractivity contribution is 0.222. The van der Waals surface area contributed by atoms with Crippen LogP contribution >= 0.6 is 11.6 Å². The molecule has 1 N–H and O–H groups in total. The van der Waals surface area contributed by atoms with Gasteiger partial charge in [-0.1, -0.05) is 11.6 Å². The third-order valence-electron chi connectivity index (χ3n) is 2.00. The highest BCUT2D eigenvalue weighted by molar-refractivity contribution is 6.30. The molecule has 0 saturated carbocycles. The Bertz CT molecular complexity index is 287. The largest absolute Gasteiger partial charge is 0.487 e. The fourth-order valence-electron chi connectivity index (χ4n) is 1.38. The molecule has 1 aromatic heterocycles. The summed E-state index contributed by atoms with van der Waals surface area (Å²) in [7, 11) is 0. The highest BCUT2D eigenvalue weighted by Crippen LogP contribution is 2.17. The molecule has 13 heavy (non-hydrogen) atoms. The van der Waals surface area contributed by atoms with Crippen molar-refractivity contribution in [2.24, 2.45) is 0 Å². The van der Waals surface area contributed by atoms with Gasteiger partial charge in [-0.15, -0.1) is 0 Å². The maximum absolute atomic E-state index is 5.77. The summed E-state index contributed by atoms with van der Waals surface area (Å²) in [4.78, 5) is 3.95. The van der Waals surface area contributed by atoms with Crippen LogP contribution in [0, 0.1) is 0 Å². The lowest BCUT2D eigenvalue weighted by Gasteiger charge is -2.11. The van der Waals surface area contributed by atoms with Gasteiger partial charge in [-0.3, -0.25) is 4.98 Å². The van der Waals surface area contributed by atoms with Crippen molar-refractivity contribution in [2.45, 2.75) is 12.5 Å². The average molecular weight is 199 g/mol. The molecule has 1 saturated heterocycles. The predicted octanol–water partition coefficient (Wildman–Crippen LogP) is 1.48. The molecule has 0 spiro atoms. The summed E-state index contributed by atoms with van der Waals surface area (Å²) in [6, 6.07) is 1.78. The molecule has 0 radical (unpaired) electrons. The number of ether oxygens (including phenoxy) is 1. The molecule has 70 valence electrons. The molecule has 2 rings (SSSR count). The first-order chi connectivity index (χ1) is 6.34. The molecule has 1 aromatic rings. The lowest BCUT2D eigenvalue weighted by atomic mass is 10.3. The van der Waals surface area contributed by atoms with Gasteiger partial charge in [-0.25, -0.2) is 0 Å². The van der Waals surface area contributed by atoms with Gasteiger partial charge in [-0.05, 0) is 13.0 Å². The highest BCUT2D eigenvalue weighted by Gasteiger charge is 2.15. The topological polar surface area (TPSA) is 34.1 Å². The van der Waals surface area contributed by atoms with E-state index >= 15 is 0 Å².